The maximum atomic E-state index is 13.5. The quantitative estimate of drug-likeness (QED) is 0.901. The van der Waals surface area contributed by atoms with Gasteiger partial charge in [-0.05, 0) is 56.7 Å². The third-order valence-electron chi connectivity index (χ3n) is 4.99. The lowest BCUT2D eigenvalue weighted by Crippen LogP contribution is -2.35. The minimum Gasteiger partial charge on any atom is -0.389 e. The van der Waals surface area contributed by atoms with Crippen molar-refractivity contribution in [2.75, 3.05) is 11.4 Å². The van der Waals surface area contributed by atoms with Gasteiger partial charge in [-0.1, -0.05) is 12.8 Å². The summed E-state index contributed by atoms with van der Waals surface area (Å²) in [6.45, 7) is 2.76. The van der Waals surface area contributed by atoms with Crippen molar-refractivity contribution in [1.29, 1.82) is 0 Å². The Morgan fingerprint density at radius 1 is 1.20 bits per heavy atom. The van der Waals surface area contributed by atoms with Crippen LogP contribution in [0.2, 0.25) is 0 Å². The molecule has 1 saturated carbocycles. The number of aliphatic hydroxyl groups excluding tert-OH is 1. The number of nitrogens with zero attached hydrogens (tertiary/aromatic N) is 1. The third kappa shape index (κ3) is 2.56. The van der Waals surface area contributed by atoms with Crippen LogP contribution < -0.4 is 4.90 Å². The van der Waals surface area contributed by atoms with E-state index in [4.69, 9.17) is 0 Å². The van der Waals surface area contributed by atoms with Gasteiger partial charge in [-0.3, -0.25) is 0 Å². The average molecular weight is 277 g/mol. The molecule has 1 aliphatic carbocycles. The molecule has 3 rings (SSSR count). The van der Waals surface area contributed by atoms with Crippen molar-refractivity contribution in [2.24, 2.45) is 5.92 Å². The molecule has 0 spiro atoms. The molecule has 1 saturated heterocycles. The van der Waals surface area contributed by atoms with E-state index in [1.165, 1.54) is 50.7 Å². The van der Waals surface area contributed by atoms with Crippen molar-refractivity contribution in [3.8, 4) is 0 Å². The van der Waals surface area contributed by atoms with Crippen molar-refractivity contribution < 1.29 is 9.50 Å². The van der Waals surface area contributed by atoms with Crippen molar-refractivity contribution in [2.45, 2.75) is 57.6 Å². The van der Waals surface area contributed by atoms with Crippen molar-refractivity contribution in [3.05, 3.63) is 29.6 Å². The summed E-state index contributed by atoms with van der Waals surface area (Å²) in [5, 5.41) is 9.95. The SMILES string of the molecule is C[C@H](O)c1cc(F)ccc1N1CCCC1C1CCCC1. The van der Waals surface area contributed by atoms with Crippen LogP contribution >= 0.6 is 0 Å². The van der Waals surface area contributed by atoms with E-state index in [0.29, 0.717) is 6.04 Å². The van der Waals surface area contributed by atoms with Crippen molar-refractivity contribution in [1.82, 2.24) is 0 Å². The first-order valence-electron chi connectivity index (χ1n) is 7.91. The topological polar surface area (TPSA) is 23.5 Å². The molecule has 110 valence electrons. The molecular formula is C17H24FNO. The highest BCUT2D eigenvalue weighted by Gasteiger charge is 2.34. The number of aliphatic hydroxyl groups is 1. The summed E-state index contributed by atoms with van der Waals surface area (Å²) in [5.41, 5.74) is 1.77. The largest absolute Gasteiger partial charge is 0.389 e. The molecule has 20 heavy (non-hydrogen) atoms. The number of hydrogen-bond donors (Lipinski definition) is 1. The summed E-state index contributed by atoms with van der Waals surface area (Å²) in [4.78, 5) is 2.43. The first kappa shape index (κ1) is 13.9. The van der Waals surface area contributed by atoms with Crippen LogP contribution in [0.25, 0.3) is 0 Å². The van der Waals surface area contributed by atoms with Crippen molar-refractivity contribution >= 4 is 5.69 Å². The monoisotopic (exact) mass is 277 g/mol. The van der Waals surface area contributed by atoms with Gasteiger partial charge in [0.1, 0.15) is 5.82 Å². The van der Waals surface area contributed by atoms with Crippen LogP contribution in [0.4, 0.5) is 10.1 Å². The molecule has 2 aliphatic rings. The fourth-order valence-corrected chi connectivity index (χ4v) is 4.05. The summed E-state index contributed by atoms with van der Waals surface area (Å²) in [7, 11) is 0. The fraction of sp³-hybridized carbons (Fsp3) is 0.647. The first-order valence-corrected chi connectivity index (χ1v) is 7.91. The molecular weight excluding hydrogens is 253 g/mol. The lowest BCUT2D eigenvalue weighted by Gasteiger charge is -2.33. The number of halogens is 1. The molecule has 2 nitrogen and oxygen atoms in total. The van der Waals surface area contributed by atoms with Crippen LogP contribution in [0.5, 0.6) is 0 Å². The van der Waals surface area contributed by atoms with E-state index in [1.807, 2.05) is 6.07 Å². The molecule has 1 aromatic carbocycles. The van der Waals surface area contributed by atoms with E-state index in [9.17, 15) is 9.50 Å². The second kappa shape index (κ2) is 5.72. The number of rotatable bonds is 3. The van der Waals surface area contributed by atoms with E-state index < -0.39 is 6.10 Å². The summed E-state index contributed by atoms with van der Waals surface area (Å²) in [5.74, 6) is 0.519. The smallest absolute Gasteiger partial charge is 0.123 e. The van der Waals surface area contributed by atoms with Gasteiger partial charge in [0, 0.05) is 23.8 Å². The van der Waals surface area contributed by atoms with E-state index in [1.54, 1.807) is 6.92 Å². The molecule has 0 amide bonds. The number of anilines is 1. The zero-order chi connectivity index (χ0) is 14.1. The lowest BCUT2D eigenvalue weighted by molar-refractivity contribution is 0.199. The number of benzene rings is 1. The molecule has 1 N–H and O–H groups in total. The van der Waals surface area contributed by atoms with E-state index in [-0.39, 0.29) is 5.82 Å². The van der Waals surface area contributed by atoms with Crippen LogP contribution in [0.3, 0.4) is 0 Å². The highest BCUT2D eigenvalue weighted by molar-refractivity contribution is 5.56. The van der Waals surface area contributed by atoms with E-state index in [0.717, 1.165) is 23.7 Å². The van der Waals surface area contributed by atoms with E-state index in [2.05, 4.69) is 4.90 Å². The normalized spacial score (nSPS) is 25.4. The molecule has 0 bridgehead atoms. The molecule has 2 atom stereocenters. The summed E-state index contributed by atoms with van der Waals surface area (Å²) in [6, 6.07) is 5.44. The van der Waals surface area contributed by atoms with Gasteiger partial charge in [-0.2, -0.15) is 0 Å². The molecule has 1 heterocycles. The van der Waals surface area contributed by atoms with Gasteiger partial charge in [-0.25, -0.2) is 4.39 Å². The van der Waals surface area contributed by atoms with Crippen LogP contribution in [-0.2, 0) is 0 Å². The summed E-state index contributed by atoms with van der Waals surface area (Å²) in [6.07, 6.45) is 7.17. The minimum absolute atomic E-state index is 0.263. The standard InChI is InChI=1S/C17H24FNO/c1-12(20)15-11-14(18)8-9-17(15)19-10-4-7-16(19)13-5-2-3-6-13/h8-9,11-13,16,20H,2-7,10H2,1H3/t12-,16?/m0/s1. The van der Waals surface area contributed by atoms with Gasteiger partial charge in [0.15, 0.2) is 0 Å². The van der Waals surface area contributed by atoms with Crippen LogP contribution in [0, 0.1) is 11.7 Å². The maximum Gasteiger partial charge on any atom is 0.123 e. The minimum atomic E-state index is -0.620. The van der Waals surface area contributed by atoms with Gasteiger partial charge in [0.2, 0.25) is 0 Å². The van der Waals surface area contributed by atoms with Crippen LogP contribution in [0.15, 0.2) is 18.2 Å². The molecule has 1 aliphatic heterocycles. The van der Waals surface area contributed by atoms with Gasteiger partial charge in [0.05, 0.1) is 6.10 Å². The molecule has 0 radical (unpaired) electrons. The Kier molecular flexibility index (Phi) is 3.97. The molecule has 0 aromatic heterocycles. The Hall–Kier alpha value is -1.09. The molecule has 1 aromatic rings. The average Bonchev–Trinajstić information content (AvgIpc) is 3.09. The predicted octanol–water partition coefficient (Wildman–Crippen LogP) is 4.04. The third-order valence-corrected chi connectivity index (χ3v) is 4.99. The van der Waals surface area contributed by atoms with Crippen molar-refractivity contribution in [3.63, 3.8) is 0 Å². The zero-order valence-corrected chi connectivity index (χ0v) is 12.2. The Bertz CT molecular complexity index is 468. The van der Waals surface area contributed by atoms with E-state index >= 15 is 0 Å². The zero-order valence-electron chi connectivity index (χ0n) is 12.2. The Labute approximate surface area is 120 Å². The maximum absolute atomic E-state index is 13.5. The second-order valence-electron chi connectivity index (χ2n) is 6.33. The lowest BCUT2D eigenvalue weighted by atomic mass is 9.95. The Morgan fingerprint density at radius 3 is 2.65 bits per heavy atom. The molecule has 1 unspecified atom stereocenters. The van der Waals surface area contributed by atoms with Gasteiger partial charge in [0.25, 0.3) is 0 Å². The number of hydrogen-bond acceptors (Lipinski definition) is 2. The summed E-state index contributed by atoms with van der Waals surface area (Å²) < 4.78 is 13.5. The summed E-state index contributed by atoms with van der Waals surface area (Å²) >= 11 is 0. The van der Waals surface area contributed by atoms with Crippen LogP contribution in [0.1, 0.15) is 57.1 Å². The highest BCUT2D eigenvalue weighted by Crippen LogP contribution is 2.40. The highest BCUT2D eigenvalue weighted by atomic mass is 19.1. The van der Waals surface area contributed by atoms with Gasteiger partial charge >= 0.3 is 0 Å². The fourth-order valence-electron chi connectivity index (χ4n) is 4.05. The van der Waals surface area contributed by atoms with Crippen LogP contribution in [-0.4, -0.2) is 17.7 Å². The van der Waals surface area contributed by atoms with Gasteiger partial charge < -0.3 is 10.0 Å². The Balaban J connectivity index is 1.90. The Morgan fingerprint density at radius 2 is 1.95 bits per heavy atom. The first-order chi connectivity index (χ1) is 9.66. The predicted molar refractivity (Wildman–Crippen MR) is 79.4 cm³/mol. The second-order valence-corrected chi connectivity index (χ2v) is 6.33. The molecule has 3 heteroatoms. The van der Waals surface area contributed by atoms with Gasteiger partial charge in [-0.15, -0.1) is 0 Å². The molecule has 2 fully saturated rings.